The van der Waals surface area contributed by atoms with Gasteiger partial charge in [-0.2, -0.15) is 0 Å². The maximum Gasteiger partial charge on any atom is 0.240 e. The number of nitrogens with zero attached hydrogens (tertiary/aromatic N) is 1. The molecule has 0 radical (unpaired) electrons. The molecule has 0 bridgehead atoms. The minimum atomic E-state index is -2.39. The van der Waals surface area contributed by atoms with Crippen LogP contribution in [-0.4, -0.2) is 18.5 Å². The molecule has 52 valence electrons. The van der Waals surface area contributed by atoms with Gasteiger partial charge in [-0.25, -0.2) is 18.6 Å². The predicted molar refractivity (Wildman–Crippen MR) is 28.2 cm³/mol. The van der Waals surface area contributed by atoms with Gasteiger partial charge in [0, 0.05) is 6.42 Å². The van der Waals surface area contributed by atoms with E-state index >= 15 is 0 Å². The third-order valence-electron chi connectivity index (χ3n) is 0.792. The second-order valence-electron chi connectivity index (χ2n) is 1.70. The molecule has 0 heterocycles. The Balaban J connectivity index is 3.49. The average molecular weight is 135 g/mol. The topological polar surface area (TPSA) is 29.4 Å². The third-order valence-corrected chi connectivity index (χ3v) is 0.792. The van der Waals surface area contributed by atoms with Crippen LogP contribution in [0.3, 0.4) is 0 Å². The van der Waals surface area contributed by atoms with Crippen LogP contribution in [0, 0.1) is 0 Å². The van der Waals surface area contributed by atoms with E-state index in [4.69, 9.17) is 0 Å². The summed E-state index contributed by atoms with van der Waals surface area (Å²) in [4.78, 5) is 12.5. The normalized spacial score (nSPS) is 12.9. The molecule has 0 aliphatic carbocycles. The summed E-state index contributed by atoms with van der Waals surface area (Å²) < 4.78 is 22.8. The Bertz CT molecular complexity index is 120. The molecule has 2 nitrogen and oxygen atoms in total. The highest BCUT2D eigenvalue weighted by molar-refractivity contribution is 5.33. The first-order valence-electron chi connectivity index (χ1n) is 2.52. The van der Waals surface area contributed by atoms with Gasteiger partial charge >= 0.3 is 0 Å². The molecule has 0 aromatic rings. The van der Waals surface area contributed by atoms with E-state index in [1.54, 1.807) is 0 Å². The lowest BCUT2D eigenvalue weighted by molar-refractivity contribution is 0.131. The van der Waals surface area contributed by atoms with Gasteiger partial charge in [-0.3, -0.25) is 0 Å². The lowest BCUT2D eigenvalue weighted by Crippen LogP contribution is -2.03. The molecular formula is C5H7F2NO. The summed E-state index contributed by atoms with van der Waals surface area (Å²) in [6, 6.07) is -0.609. The lowest BCUT2D eigenvalue weighted by Gasteiger charge is -1.99. The zero-order valence-electron chi connectivity index (χ0n) is 4.97. The van der Waals surface area contributed by atoms with Crippen molar-refractivity contribution in [2.24, 2.45) is 4.99 Å². The van der Waals surface area contributed by atoms with Crippen LogP contribution in [0.5, 0.6) is 0 Å². The molecule has 1 unspecified atom stereocenters. The van der Waals surface area contributed by atoms with Gasteiger partial charge in [-0.15, -0.1) is 0 Å². The smallest absolute Gasteiger partial charge is 0.211 e. The number of hydrogen-bond donors (Lipinski definition) is 0. The summed E-state index contributed by atoms with van der Waals surface area (Å²) in [5.74, 6) is 0. The Hall–Kier alpha value is -0.760. The van der Waals surface area contributed by atoms with Crippen molar-refractivity contribution in [2.45, 2.75) is 25.8 Å². The van der Waals surface area contributed by atoms with Crippen LogP contribution in [0.25, 0.3) is 0 Å². The maximum absolute atomic E-state index is 11.4. The molecule has 0 aromatic carbocycles. The largest absolute Gasteiger partial charge is 0.240 e. The fourth-order valence-corrected chi connectivity index (χ4v) is 0.401. The number of hydrogen-bond acceptors (Lipinski definition) is 2. The molecule has 4 heteroatoms. The summed E-state index contributed by atoms with van der Waals surface area (Å²) in [6.07, 6.45) is -1.54. The van der Waals surface area contributed by atoms with E-state index < -0.39 is 12.5 Å². The summed E-state index contributed by atoms with van der Waals surface area (Å²) in [7, 11) is 0. The fraction of sp³-hybridized carbons (Fsp3) is 0.800. The monoisotopic (exact) mass is 135 g/mol. The van der Waals surface area contributed by atoms with Gasteiger partial charge in [0.2, 0.25) is 12.5 Å². The zero-order valence-corrected chi connectivity index (χ0v) is 4.97. The molecule has 0 rings (SSSR count). The van der Waals surface area contributed by atoms with Crippen LogP contribution in [0.15, 0.2) is 4.99 Å². The summed E-state index contributed by atoms with van der Waals surface area (Å²) in [6.45, 7) is 1.44. The van der Waals surface area contributed by atoms with Gasteiger partial charge in [-0.05, 0) is 6.92 Å². The van der Waals surface area contributed by atoms with E-state index in [-0.39, 0.29) is 6.42 Å². The van der Waals surface area contributed by atoms with Crippen molar-refractivity contribution in [1.82, 2.24) is 0 Å². The van der Waals surface area contributed by atoms with Crippen molar-refractivity contribution in [3.63, 3.8) is 0 Å². The van der Waals surface area contributed by atoms with Crippen LogP contribution in [0.2, 0.25) is 0 Å². The van der Waals surface area contributed by atoms with Crippen molar-refractivity contribution >= 4 is 6.08 Å². The van der Waals surface area contributed by atoms with Gasteiger partial charge in [0.05, 0.1) is 6.04 Å². The maximum atomic E-state index is 11.4. The minimum Gasteiger partial charge on any atom is -0.211 e. The Kier molecular flexibility index (Phi) is 3.80. The molecule has 9 heavy (non-hydrogen) atoms. The Morgan fingerprint density at radius 2 is 2.22 bits per heavy atom. The van der Waals surface area contributed by atoms with E-state index in [1.165, 1.54) is 13.0 Å². The first-order chi connectivity index (χ1) is 4.16. The predicted octanol–water partition coefficient (Wildman–Crippen LogP) is 1.37. The van der Waals surface area contributed by atoms with Crippen molar-refractivity contribution in [3.8, 4) is 0 Å². The molecule has 0 saturated carbocycles. The molecule has 0 aromatic heterocycles. The highest BCUT2D eigenvalue weighted by atomic mass is 19.3. The molecule has 0 aliphatic heterocycles. The minimum absolute atomic E-state index is 0.366. The molecule has 0 fully saturated rings. The second kappa shape index (κ2) is 4.15. The Morgan fingerprint density at radius 1 is 1.67 bits per heavy atom. The molecule has 0 aliphatic rings. The number of isocyanates is 1. The number of carbonyl (C=O) groups excluding carboxylic acids is 1. The average Bonchev–Trinajstić information content (AvgIpc) is 1.63. The lowest BCUT2D eigenvalue weighted by atomic mass is 10.3. The van der Waals surface area contributed by atoms with Crippen LogP contribution >= 0.6 is 0 Å². The quantitative estimate of drug-likeness (QED) is 0.424. The highest BCUT2D eigenvalue weighted by Gasteiger charge is 2.07. The Labute approximate surface area is 51.6 Å². The van der Waals surface area contributed by atoms with Gasteiger partial charge in [0.25, 0.3) is 0 Å². The van der Waals surface area contributed by atoms with Crippen molar-refractivity contribution in [1.29, 1.82) is 0 Å². The third kappa shape index (κ3) is 5.11. The van der Waals surface area contributed by atoms with Gasteiger partial charge in [0.1, 0.15) is 0 Å². The van der Waals surface area contributed by atoms with E-state index in [1.807, 2.05) is 0 Å². The first kappa shape index (κ1) is 8.24. The van der Waals surface area contributed by atoms with Gasteiger partial charge in [0.15, 0.2) is 0 Å². The number of rotatable bonds is 3. The first-order valence-corrected chi connectivity index (χ1v) is 2.52. The second-order valence-corrected chi connectivity index (χ2v) is 1.70. The summed E-state index contributed by atoms with van der Waals surface area (Å²) >= 11 is 0. The Morgan fingerprint density at radius 3 is 2.56 bits per heavy atom. The van der Waals surface area contributed by atoms with Crippen molar-refractivity contribution < 1.29 is 13.6 Å². The van der Waals surface area contributed by atoms with Crippen LogP contribution in [0.4, 0.5) is 8.78 Å². The van der Waals surface area contributed by atoms with E-state index in [2.05, 4.69) is 4.99 Å². The summed E-state index contributed by atoms with van der Waals surface area (Å²) in [5, 5.41) is 0. The van der Waals surface area contributed by atoms with Crippen molar-refractivity contribution in [2.75, 3.05) is 0 Å². The number of aliphatic imine (C=N–C) groups is 1. The van der Waals surface area contributed by atoms with Crippen LogP contribution in [0.1, 0.15) is 13.3 Å². The molecular weight excluding hydrogens is 128 g/mol. The molecule has 1 atom stereocenters. The van der Waals surface area contributed by atoms with E-state index in [0.717, 1.165) is 0 Å². The van der Waals surface area contributed by atoms with E-state index in [0.29, 0.717) is 0 Å². The summed E-state index contributed by atoms with van der Waals surface area (Å²) in [5.41, 5.74) is 0. The molecule has 0 spiro atoms. The standard InChI is InChI=1S/C5H7F2NO/c1-4(8-3-9)2-5(6)7/h4-5H,2H2,1H3. The SMILES string of the molecule is CC(CC(F)F)N=C=O. The molecule has 0 saturated heterocycles. The van der Waals surface area contributed by atoms with Crippen LogP contribution in [-0.2, 0) is 4.79 Å². The fourth-order valence-electron chi connectivity index (χ4n) is 0.401. The van der Waals surface area contributed by atoms with E-state index in [9.17, 15) is 13.6 Å². The zero-order chi connectivity index (χ0) is 7.28. The highest BCUT2D eigenvalue weighted by Crippen LogP contribution is 2.04. The number of halogens is 2. The van der Waals surface area contributed by atoms with Crippen molar-refractivity contribution in [3.05, 3.63) is 0 Å². The molecule has 0 N–H and O–H groups in total. The van der Waals surface area contributed by atoms with Gasteiger partial charge < -0.3 is 0 Å². The number of alkyl halides is 2. The molecule has 0 amide bonds. The van der Waals surface area contributed by atoms with Gasteiger partial charge in [-0.1, -0.05) is 0 Å². The van der Waals surface area contributed by atoms with Crippen LogP contribution < -0.4 is 0 Å².